The molecule has 0 radical (unpaired) electrons. The topological polar surface area (TPSA) is 60.1 Å². The maximum Gasteiger partial charge on any atom is 0.244 e. The van der Waals surface area contributed by atoms with Gasteiger partial charge in [0.1, 0.15) is 11.8 Å². The van der Waals surface area contributed by atoms with E-state index >= 15 is 0 Å². The van der Waals surface area contributed by atoms with Gasteiger partial charge in [-0.2, -0.15) is 5.10 Å². The van der Waals surface area contributed by atoms with Gasteiger partial charge in [-0.15, -0.1) is 11.3 Å². The summed E-state index contributed by atoms with van der Waals surface area (Å²) in [7, 11) is 0. The second-order valence-electron chi connectivity index (χ2n) is 5.50. The first-order valence-electron chi connectivity index (χ1n) is 7.69. The summed E-state index contributed by atoms with van der Waals surface area (Å²) in [6.07, 6.45) is 4.71. The van der Waals surface area contributed by atoms with Crippen LogP contribution in [-0.4, -0.2) is 22.2 Å². The van der Waals surface area contributed by atoms with Crippen molar-refractivity contribution in [3.63, 3.8) is 0 Å². The van der Waals surface area contributed by atoms with Crippen LogP contribution in [0.25, 0.3) is 6.08 Å². The molecular weight excluding hydrogens is 322 g/mol. The third kappa shape index (κ3) is 3.83. The highest BCUT2D eigenvalue weighted by Crippen LogP contribution is 2.24. The van der Waals surface area contributed by atoms with Crippen LogP contribution in [-0.2, 0) is 4.79 Å². The smallest absolute Gasteiger partial charge is 0.244 e. The third-order valence-electron chi connectivity index (χ3n) is 3.62. The van der Waals surface area contributed by atoms with Crippen LogP contribution in [0.5, 0.6) is 0 Å². The number of thiophene rings is 1. The zero-order chi connectivity index (χ0) is 16.9. The summed E-state index contributed by atoms with van der Waals surface area (Å²) < 4.78 is 7.15. The normalized spacial score (nSPS) is 12.6. The zero-order valence-corrected chi connectivity index (χ0v) is 14.4. The molecule has 3 heterocycles. The molecule has 1 unspecified atom stereocenters. The van der Waals surface area contributed by atoms with Crippen LogP contribution in [0.4, 0.5) is 0 Å². The Labute approximate surface area is 144 Å². The molecule has 124 valence electrons. The summed E-state index contributed by atoms with van der Waals surface area (Å²) in [6.45, 7) is 4.47. The lowest BCUT2D eigenvalue weighted by atomic mass is 10.2. The summed E-state index contributed by atoms with van der Waals surface area (Å²) in [6, 6.07) is 9.69. The van der Waals surface area contributed by atoms with Gasteiger partial charge >= 0.3 is 0 Å². The molecule has 0 saturated heterocycles. The Morgan fingerprint density at radius 3 is 2.92 bits per heavy atom. The highest BCUT2D eigenvalue weighted by Gasteiger charge is 2.18. The van der Waals surface area contributed by atoms with Gasteiger partial charge in [-0.1, -0.05) is 6.07 Å². The molecule has 0 spiro atoms. The number of amides is 1. The van der Waals surface area contributed by atoms with Crippen molar-refractivity contribution in [3.8, 4) is 0 Å². The number of aryl methyl sites for hydroxylation is 2. The number of carbonyl (C=O) groups excluding carboxylic acids is 1. The van der Waals surface area contributed by atoms with Crippen molar-refractivity contribution in [2.24, 2.45) is 0 Å². The summed E-state index contributed by atoms with van der Waals surface area (Å²) in [5.41, 5.74) is 2.05. The Hall–Kier alpha value is -2.60. The quantitative estimate of drug-likeness (QED) is 0.697. The second-order valence-corrected chi connectivity index (χ2v) is 6.48. The van der Waals surface area contributed by atoms with Crippen LogP contribution >= 0.6 is 11.3 Å². The average molecular weight is 341 g/mol. The molecule has 3 aromatic heterocycles. The van der Waals surface area contributed by atoms with Crippen molar-refractivity contribution >= 4 is 23.3 Å². The SMILES string of the molecule is Cc1cc(C)n(C(CNC(=O)/C=C/c2ccco2)c2cccs2)n1. The van der Waals surface area contributed by atoms with E-state index in [-0.39, 0.29) is 11.9 Å². The number of carbonyl (C=O) groups is 1. The zero-order valence-electron chi connectivity index (χ0n) is 13.6. The number of rotatable bonds is 6. The van der Waals surface area contributed by atoms with Gasteiger partial charge in [0.2, 0.25) is 5.91 Å². The first kappa shape index (κ1) is 16.3. The summed E-state index contributed by atoms with van der Waals surface area (Å²) in [4.78, 5) is 13.2. The number of furan rings is 1. The lowest BCUT2D eigenvalue weighted by Crippen LogP contribution is -2.30. The summed E-state index contributed by atoms with van der Waals surface area (Å²) in [5, 5.41) is 9.55. The molecule has 1 N–H and O–H groups in total. The number of aromatic nitrogens is 2. The molecule has 24 heavy (non-hydrogen) atoms. The van der Waals surface area contributed by atoms with Crippen LogP contribution in [0, 0.1) is 13.8 Å². The maximum absolute atomic E-state index is 12.1. The molecule has 0 aliphatic carbocycles. The van der Waals surface area contributed by atoms with E-state index in [9.17, 15) is 4.79 Å². The van der Waals surface area contributed by atoms with E-state index in [1.165, 1.54) is 6.08 Å². The summed E-state index contributed by atoms with van der Waals surface area (Å²) in [5.74, 6) is 0.494. The number of nitrogens with zero attached hydrogens (tertiary/aromatic N) is 2. The fourth-order valence-corrected chi connectivity index (χ4v) is 3.36. The van der Waals surface area contributed by atoms with Gasteiger partial charge in [-0.05, 0) is 49.6 Å². The molecular formula is C18H19N3O2S. The molecule has 6 heteroatoms. The third-order valence-corrected chi connectivity index (χ3v) is 4.60. The van der Waals surface area contributed by atoms with Gasteiger partial charge in [0.15, 0.2) is 0 Å². The average Bonchev–Trinajstić information content (AvgIpc) is 3.29. The van der Waals surface area contributed by atoms with Crippen LogP contribution in [0.3, 0.4) is 0 Å². The van der Waals surface area contributed by atoms with Crippen LogP contribution in [0.2, 0.25) is 0 Å². The van der Waals surface area contributed by atoms with Gasteiger partial charge in [-0.3, -0.25) is 9.48 Å². The predicted molar refractivity (Wildman–Crippen MR) is 94.9 cm³/mol. The van der Waals surface area contributed by atoms with Gasteiger partial charge in [-0.25, -0.2) is 0 Å². The Kier molecular flexibility index (Phi) is 4.96. The Morgan fingerprint density at radius 1 is 1.42 bits per heavy atom. The largest absolute Gasteiger partial charge is 0.465 e. The standard InChI is InChI=1S/C18H19N3O2S/c1-13-11-14(2)21(20-13)16(17-6-4-10-24-17)12-19-18(22)8-7-15-5-3-9-23-15/h3-11,16H,12H2,1-2H3,(H,19,22)/b8-7+. The Morgan fingerprint density at radius 2 is 2.29 bits per heavy atom. The van der Waals surface area contributed by atoms with Crippen LogP contribution in [0.1, 0.15) is 28.1 Å². The molecule has 0 aliphatic rings. The molecule has 0 aromatic carbocycles. The van der Waals surface area contributed by atoms with Crippen molar-refractivity contribution in [1.29, 1.82) is 0 Å². The van der Waals surface area contributed by atoms with Gasteiger partial charge in [0.25, 0.3) is 0 Å². The van der Waals surface area contributed by atoms with Crippen molar-refractivity contribution < 1.29 is 9.21 Å². The Bertz CT molecular complexity index is 817. The first-order chi connectivity index (χ1) is 11.6. The van der Waals surface area contributed by atoms with Crippen molar-refractivity contribution in [2.75, 3.05) is 6.54 Å². The molecule has 0 fully saturated rings. The van der Waals surface area contributed by atoms with Crippen LogP contribution < -0.4 is 5.32 Å². The minimum absolute atomic E-state index is 0.0142. The number of nitrogens with one attached hydrogen (secondary N) is 1. The van der Waals surface area contributed by atoms with E-state index in [1.807, 2.05) is 36.0 Å². The molecule has 3 aromatic rings. The highest BCUT2D eigenvalue weighted by molar-refractivity contribution is 7.10. The van der Waals surface area contributed by atoms with Gasteiger partial charge in [0.05, 0.1) is 12.0 Å². The molecule has 0 aliphatic heterocycles. The van der Waals surface area contributed by atoms with Crippen molar-refractivity contribution in [2.45, 2.75) is 19.9 Å². The van der Waals surface area contributed by atoms with E-state index in [1.54, 1.807) is 35.8 Å². The van der Waals surface area contributed by atoms with Gasteiger partial charge < -0.3 is 9.73 Å². The van der Waals surface area contributed by atoms with E-state index in [2.05, 4.69) is 16.5 Å². The van der Waals surface area contributed by atoms with E-state index in [0.717, 1.165) is 16.3 Å². The lowest BCUT2D eigenvalue weighted by Gasteiger charge is -2.18. The maximum atomic E-state index is 12.1. The molecule has 3 rings (SSSR count). The fraction of sp³-hybridized carbons (Fsp3) is 0.222. The lowest BCUT2D eigenvalue weighted by molar-refractivity contribution is -0.116. The second kappa shape index (κ2) is 7.31. The van der Waals surface area contributed by atoms with Crippen molar-refractivity contribution in [3.05, 3.63) is 70.1 Å². The minimum Gasteiger partial charge on any atom is -0.465 e. The van der Waals surface area contributed by atoms with E-state index in [4.69, 9.17) is 4.42 Å². The monoisotopic (exact) mass is 341 g/mol. The number of hydrogen-bond acceptors (Lipinski definition) is 4. The Balaban J connectivity index is 1.71. The highest BCUT2D eigenvalue weighted by atomic mass is 32.1. The molecule has 0 saturated carbocycles. The van der Waals surface area contributed by atoms with Gasteiger partial charge in [0, 0.05) is 23.2 Å². The first-order valence-corrected chi connectivity index (χ1v) is 8.57. The molecule has 1 amide bonds. The summed E-state index contributed by atoms with van der Waals surface area (Å²) >= 11 is 1.66. The molecule has 0 bridgehead atoms. The minimum atomic E-state index is -0.158. The molecule has 1 atom stereocenters. The van der Waals surface area contributed by atoms with Crippen molar-refractivity contribution in [1.82, 2.24) is 15.1 Å². The fourth-order valence-electron chi connectivity index (χ4n) is 2.55. The molecule has 5 nitrogen and oxygen atoms in total. The predicted octanol–water partition coefficient (Wildman–Crippen LogP) is 3.57. The van der Waals surface area contributed by atoms with E-state index < -0.39 is 0 Å². The van der Waals surface area contributed by atoms with E-state index in [0.29, 0.717) is 12.3 Å². The number of hydrogen-bond donors (Lipinski definition) is 1. The van der Waals surface area contributed by atoms with Crippen LogP contribution in [0.15, 0.2) is 52.5 Å².